The summed E-state index contributed by atoms with van der Waals surface area (Å²) >= 11 is 0. The van der Waals surface area contributed by atoms with Gasteiger partial charge < -0.3 is 4.90 Å². The predicted molar refractivity (Wildman–Crippen MR) is 76.7 cm³/mol. The van der Waals surface area contributed by atoms with Crippen molar-refractivity contribution in [1.82, 2.24) is 9.21 Å². The Balaban J connectivity index is 2.01. The maximum Gasteiger partial charge on any atom is 0.277 e. The highest BCUT2D eigenvalue weighted by molar-refractivity contribution is 7.86. The van der Waals surface area contributed by atoms with Crippen LogP contribution in [0.5, 0.6) is 0 Å². The Morgan fingerprint density at radius 2 is 1.68 bits per heavy atom. The second kappa shape index (κ2) is 6.51. The lowest BCUT2D eigenvalue weighted by Crippen LogP contribution is -2.51. The van der Waals surface area contributed by atoms with Gasteiger partial charge in [-0.25, -0.2) is 13.9 Å². The van der Waals surface area contributed by atoms with Crippen LogP contribution in [0.15, 0.2) is 24.3 Å². The van der Waals surface area contributed by atoms with Crippen molar-refractivity contribution in [2.45, 2.75) is 0 Å². The molecule has 0 aliphatic carbocycles. The molecule has 9 heteroatoms. The standard InChI is InChI=1S/C13H15F2N3O3S/c14-11-2-1-3-12(15)10(11)4-5-13(19)17-6-8-18(9-7-17)22(16,20)21/h1-5H,6-9H2,(H2,16,20,21)/b5-4-. The fourth-order valence-electron chi connectivity index (χ4n) is 2.09. The van der Waals surface area contributed by atoms with E-state index in [2.05, 4.69) is 0 Å². The van der Waals surface area contributed by atoms with Gasteiger partial charge in [0.1, 0.15) is 11.6 Å². The lowest BCUT2D eigenvalue weighted by Gasteiger charge is -2.32. The van der Waals surface area contributed by atoms with Gasteiger partial charge in [0.2, 0.25) is 5.91 Å². The van der Waals surface area contributed by atoms with Gasteiger partial charge in [-0.3, -0.25) is 4.79 Å². The maximum absolute atomic E-state index is 13.4. The molecule has 0 unspecified atom stereocenters. The van der Waals surface area contributed by atoms with Crippen LogP contribution >= 0.6 is 0 Å². The molecule has 1 amide bonds. The number of nitrogens with zero attached hydrogens (tertiary/aromatic N) is 2. The van der Waals surface area contributed by atoms with Gasteiger partial charge in [0.05, 0.1) is 0 Å². The number of piperazine rings is 1. The second-order valence-corrected chi connectivity index (χ2v) is 6.28. The molecule has 0 aromatic heterocycles. The highest BCUT2D eigenvalue weighted by Gasteiger charge is 2.25. The number of rotatable bonds is 3. The minimum atomic E-state index is -3.76. The van der Waals surface area contributed by atoms with Gasteiger partial charge in [-0.1, -0.05) is 6.07 Å². The van der Waals surface area contributed by atoms with Crippen LogP contribution < -0.4 is 5.14 Å². The number of carbonyl (C=O) groups excluding carboxylic acids is 1. The fraction of sp³-hybridized carbons (Fsp3) is 0.308. The van der Waals surface area contributed by atoms with E-state index < -0.39 is 27.8 Å². The summed E-state index contributed by atoms with van der Waals surface area (Å²) in [5.41, 5.74) is -0.293. The summed E-state index contributed by atoms with van der Waals surface area (Å²) in [6, 6.07) is 3.42. The van der Waals surface area contributed by atoms with Crippen LogP contribution in [0.3, 0.4) is 0 Å². The van der Waals surface area contributed by atoms with E-state index in [1.807, 2.05) is 0 Å². The molecule has 120 valence electrons. The van der Waals surface area contributed by atoms with E-state index >= 15 is 0 Å². The number of halogens is 2. The largest absolute Gasteiger partial charge is 0.337 e. The van der Waals surface area contributed by atoms with Gasteiger partial charge in [-0.15, -0.1) is 0 Å². The normalized spacial score (nSPS) is 17.1. The van der Waals surface area contributed by atoms with E-state index in [0.29, 0.717) is 0 Å². The van der Waals surface area contributed by atoms with Gasteiger partial charge in [0, 0.05) is 37.8 Å². The van der Waals surface area contributed by atoms with Crippen molar-refractivity contribution in [3.8, 4) is 0 Å². The van der Waals surface area contributed by atoms with Crippen LogP contribution in [-0.2, 0) is 15.0 Å². The van der Waals surface area contributed by atoms with Gasteiger partial charge in [-0.05, 0) is 18.2 Å². The Morgan fingerprint density at radius 3 is 2.18 bits per heavy atom. The minimum absolute atomic E-state index is 0.0898. The number of carbonyl (C=O) groups is 1. The summed E-state index contributed by atoms with van der Waals surface area (Å²) in [6.07, 6.45) is 2.13. The molecular weight excluding hydrogens is 316 g/mol. The average molecular weight is 331 g/mol. The average Bonchev–Trinajstić information content (AvgIpc) is 2.46. The van der Waals surface area contributed by atoms with Crippen molar-refractivity contribution in [3.63, 3.8) is 0 Å². The second-order valence-electron chi connectivity index (χ2n) is 4.74. The van der Waals surface area contributed by atoms with Gasteiger partial charge >= 0.3 is 0 Å². The maximum atomic E-state index is 13.4. The van der Waals surface area contributed by atoms with Crippen LogP contribution in [0.2, 0.25) is 0 Å². The molecule has 2 rings (SSSR count). The van der Waals surface area contributed by atoms with Crippen molar-refractivity contribution >= 4 is 22.2 Å². The van der Waals surface area contributed by atoms with Crippen LogP contribution in [0.1, 0.15) is 5.56 Å². The van der Waals surface area contributed by atoms with E-state index in [1.165, 1.54) is 11.0 Å². The molecule has 0 atom stereocenters. The van der Waals surface area contributed by atoms with E-state index in [1.54, 1.807) is 0 Å². The minimum Gasteiger partial charge on any atom is -0.337 e. The van der Waals surface area contributed by atoms with Crippen LogP contribution in [-0.4, -0.2) is 49.7 Å². The quantitative estimate of drug-likeness (QED) is 0.810. The Morgan fingerprint density at radius 1 is 1.14 bits per heavy atom. The van der Waals surface area contributed by atoms with E-state index in [-0.39, 0.29) is 31.7 Å². The predicted octanol–water partition coefficient (Wildman–Crippen LogP) is 0.326. The Kier molecular flexibility index (Phi) is 4.89. The highest BCUT2D eigenvalue weighted by Crippen LogP contribution is 2.14. The van der Waals surface area contributed by atoms with Crippen LogP contribution in [0, 0.1) is 11.6 Å². The molecule has 1 heterocycles. The first-order valence-corrected chi connectivity index (χ1v) is 7.98. The van der Waals surface area contributed by atoms with Crippen molar-refractivity contribution in [1.29, 1.82) is 0 Å². The number of amides is 1. The zero-order valence-electron chi connectivity index (χ0n) is 11.6. The Bertz CT molecular complexity index is 678. The zero-order chi connectivity index (χ0) is 16.3. The summed E-state index contributed by atoms with van der Waals surface area (Å²) in [4.78, 5) is 13.3. The van der Waals surface area contributed by atoms with Crippen molar-refractivity contribution < 1.29 is 22.0 Å². The molecule has 0 spiro atoms. The molecule has 2 N–H and O–H groups in total. The van der Waals surface area contributed by atoms with Gasteiger partial charge in [-0.2, -0.15) is 12.7 Å². The molecule has 1 saturated heterocycles. The van der Waals surface area contributed by atoms with Crippen molar-refractivity contribution in [2.75, 3.05) is 26.2 Å². The zero-order valence-corrected chi connectivity index (χ0v) is 12.4. The summed E-state index contributed by atoms with van der Waals surface area (Å²) in [5.74, 6) is -1.97. The third-order valence-electron chi connectivity index (χ3n) is 3.30. The fourth-order valence-corrected chi connectivity index (χ4v) is 2.77. The first kappa shape index (κ1) is 16.5. The molecule has 1 aliphatic rings. The van der Waals surface area contributed by atoms with Gasteiger partial charge in [0.15, 0.2) is 0 Å². The number of benzene rings is 1. The summed E-state index contributed by atoms with van der Waals surface area (Å²) < 4.78 is 50.2. The molecule has 1 aliphatic heterocycles. The molecule has 0 bridgehead atoms. The summed E-state index contributed by atoms with van der Waals surface area (Å²) in [6.45, 7) is 0.512. The summed E-state index contributed by atoms with van der Waals surface area (Å²) in [5, 5.41) is 5.00. The smallest absolute Gasteiger partial charge is 0.277 e. The summed E-state index contributed by atoms with van der Waals surface area (Å²) in [7, 11) is -3.76. The number of hydrogen-bond donors (Lipinski definition) is 1. The molecular formula is C13H15F2N3O3S. The van der Waals surface area contributed by atoms with Crippen molar-refractivity contribution in [3.05, 3.63) is 41.5 Å². The molecule has 1 fully saturated rings. The SMILES string of the molecule is NS(=O)(=O)N1CCN(C(=O)/C=C\c2c(F)cccc2F)CC1. The molecule has 0 saturated carbocycles. The topological polar surface area (TPSA) is 83.7 Å². The van der Waals surface area contributed by atoms with Crippen molar-refractivity contribution in [2.24, 2.45) is 5.14 Å². The molecule has 22 heavy (non-hydrogen) atoms. The van der Waals surface area contributed by atoms with E-state index in [4.69, 9.17) is 5.14 Å². The first-order chi connectivity index (χ1) is 10.3. The third-order valence-corrected chi connectivity index (χ3v) is 4.39. The third kappa shape index (κ3) is 3.87. The Hall–Kier alpha value is -1.84. The number of hydrogen-bond acceptors (Lipinski definition) is 3. The molecule has 1 aromatic rings. The van der Waals surface area contributed by atoms with Crippen LogP contribution in [0.4, 0.5) is 8.78 Å². The molecule has 1 aromatic carbocycles. The van der Waals surface area contributed by atoms with E-state index in [9.17, 15) is 22.0 Å². The molecule has 6 nitrogen and oxygen atoms in total. The highest BCUT2D eigenvalue weighted by atomic mass is 32.2. The van der Waals surface area contributed by atoms with E-state index in [0.717, 1.165) is 28.6 Å². The number of nitrogens with two attached hydrogens (primary N) is 1. The van der Waals surface area contributed by atoms with Gasteiger partial charge in [0.25, 0.3) is 10.2 Å². The first-order valence-electron chi connectivity index (χ1n) is 6.48. The lowest BCUT2D eigenvalue weighted by atomic mass is 10.2. The van der Waals surface area contributed by atoms with Crippen LogP contribution in [0.25, 0.3) is 6.08 Å². The lowest BCUT2D eigenvalue weighted by molar-refractivity contribution is -0.127. The monoisotopic (exact) mass is 331 g/mol. The molecule has 0 radical (unpaired) electrons. The Labute approximate surface area is 127 Å².